The van der Waals surface area contributed by atoms with E-state index in [2.05, 4.69) is 26.1 Å². The monoisotopic (exact) mass is 392 g/mol. The fourth-order valence-corrected chi connectivity index (χ4v) is 3.71. The Balaban J connectivity index is 2.74. The van der Waals surface area contributed by atoms with Crippen LogP contribution in [0.1, 0.15) is 26.3 Å². The van der Waals surface area contributed by atoms with E-state index in [-0.39, 0.29) is 17.2 Å². The van der Waals surface area contributed by atoms with Crippen LogP contribution in [0.2, 0.25) is 5.02 Å². The van der Waals surface area contributed by atoms with Crippen molar-refractivity contribution in [2.24, 2.45) is 0 Å². The number of rotatable bonds is 7. The van der Waals surface area contributed by atoms with Crippen molar-refractivity contribution in [3.63, 3.8) is 0 Å². The van der Waals surface area contributed by atoms with Gasteiger partial charge in [0.15, 0.2) is 0 Å². The molecule has 0 bridgehead atoms. The van der Waals surface area contributed by atoms with Crippen LogP contribution in [0, 0.1) is 6.92 Å². The van der Waals surface area contributed by atoms with Crippen molar-refractivity contribution in [2.75, 3.05) is 29.4 Å². The average Bonchev–Trinajstić information content (AvgIpc) is 2.42. The number of thioether (sulfide) groups is 1. The lowest BCUT2D eigenvalue weighted by Gasteiger charge is -2.22. The molecule has 0 fully saturated rings. The molecule has 0 radical (unpaired) electrons. The van der Waals surface area contributed by atoms with Gasteiger partial charge in [0.1, 0.15) is 6.54 Å². The molecule has 0 aromatic heterocycles. The molecule has 8 heteroatoms. The third-order valence-corrected chi connectivity index (χ3v) is 5.91. The molecule has 5 nitrogen and oxygen atoms in total. The summed E-state index contributed by atoms with van der Waals surface area (Å²) in [4.78, 5) is 12.1. The maximum absolute atomic E-state index is 12.1. The Labute approximate surface area is 154 Å². The van der Waals surface area contributed by atoms with E-state index in [1.807, 2.05) is 6.92 Å². The van der Waals surface area contributed by atoms with E-state index in [0.717, 1.165) is 21.9 Å². The molecule has 1 N–H and O–H groups in total. The van der Waals surface area contributed by atoms with Crippen LogP contribution >= 0.6 is 23.4 Å². The number of hydrogen-bond acceptors (Lipinski definition) is 4. The Morgan fingerprint density at radius 2 is 1.96 bits per heavy atom. The summed E-state index contributed by atoms with van der Waals surface area (Å²) in [7, 11) is -3.59. The normalized spacial score (nSPS) is 12.1. The topological polar surface area (TPSA) is 66.5 Å². The number of aryl methyl sites for hydroxylation is 1. The molecule has 0 saturated carbocycles. The van der Waals surface area contributed by atoms with E-state index in [1.165, 1.54) is 0 Å². The smallest absolute Gasteiger partial charge is 0.240 e. The van der Waals surface area contributed by atoms with Crippen LogP contribution in [0.4, 0.5) is 5.69 Å². The lowest BCUT2D eigenvalue weighted by Crippen LogP contribution is -2.41. The number of benzene rings is 1. The number of nitrogens with one attached hydrogen (secondary N) is 1. The molecule has 0 aliphatic heterocycles. The van der Waals surface area contributed by atoms with Crippen LogP contribution in [0.15, 0.2) is 18.2 Å². The summed E-state index contributed by atoms with van der Waals surface area (Å²) in [5.41, 5.74) is 1.23. The van der Waals surface area contributed by atoms with E-state index in [9.17, 15) is 13.2 Å². The molecule has 0 atom stereocenters. The second kappa shape index (κ2) is 8.45. The van der Waals surface area contributed by atoms with Crippen molar-refractivity contribution in [2.45, 2.75) is 32.4 Å². The van der Waals surface area contributed by atoms with Crippen molar-refractivity contribution in [3.8, 4) is 0 Å². The van der Waals surface area contributed by atoms with Crippen LogP contribution in [0.3, 0.4) is 0 Å². The van der Waals surface area contributed by atoms with E-state index in [1.54, 1.807) is 30.0 Å². The first-order chi connectivity index (χ1) is 10.9. The number of hydrogen-bond donors (Lipinski definition) is 1. The molecule has 0 unspecified atom stereocenters. The van der Waals surface area contributed by atoms with Gasteiger partial charge in [-0.1, -0.05) is 38.4 Å². The van der Waals surface area contributed by atoms with Gasteiger partial charge in [-0.15, -0.1) is 0 Å². The Bertz CT molecular complexity index is 685. The minimum atomic E-state index is -3.59. The number of sulfonamides is 1. The highest BCUT2D eigenvalue weighted by atomic mass is 35.5. The molecular weight excluding hydrogens is 368 g/mol. The number of amides is 1. The minimum Gasteiger partial charge on any atom is -0.354 e. The van der Waals surface area contributed by atoms with Gasteiger partial charge in [0, 0.05) is 22.1 Å². The fraction of sp³-hybridized carbons (Fsp3) is 0.562. The molecule has 1 amide bonds. The molecule has 1 aromatic rings. The van der Waals surface area contributed by atoms with Crippen molar-refractivity contribution in [1.29, 1.82) is 0 Å². The Morgan fingerprint density at radius 3 is 2.46 bits per heavy atom. The van der Waals surface area contributed by atoms with E-state index in [4.69, 9.17) is 11.6 Å². The van der Waals surface area contributed by atoms with Crippen molar-refractivity contribution < 1.29 is 13.2 Å². The van der Waals surface area contributed by atoms with Gasteiger partial charge in [0.2, 0.25) is 15.9 Å². The third kappa shape index (κ3) is 7.32. The zero-order chi connectivity index (χ0) is 18.5. The van der Waals surface area contributed by atoms with Crippen LogP contribution in [0.5, 0.6) is 0 Å². The fourth-order valence-electron chi connectivity index (χ4n) is 1.87. The van der Waals surface area contributed by atoms with Crippen LogP contribution in [-0.2, 0) is 14.8 Å². The molecule has 0 heterocycles. The predicted octanol–water partition coefficient (Wildman–Crippen LogP) is 3.06. The molecular formula is C16H25ClN2O3S2. The molecule has 0 aliphatic rings. The zero-order valence-electron chi connectivity index (χ0n) is 14.7. The van der Waals surface area contributed by atoms with Gasteiger partial charge in [-0.05, 0) is 24.6 Å². The molecule has 136 valence electrons. The van der Waals surface area contributed by atoms with Gasteiger partial charge in [-0.3, -0.25) is 9.10 Å². The van der Waals surface area contributed by atoms with Gasteiger partial charge in [0.05, 0.1) is 11.9 Å². The van der Waals surface area contributed by atoms with E-state index in [0.29, 0.717) is 17.3 Å². The summed E-state index contributed by atoms with van der Waals surface area (Å²) >= 11 is 7.80. The molecule has 0 spiro atoms. The first kappa shape index (κ1) is 21.1. The average molecular weight is 393 g/mol. The van der Waals surface area contributed by atoms with Gasteiger partial charge < -0.3 is 5.32 Å². The summed E-state index contributed by atoms with van der Waals surface area (Å²) in [5.74, 6) is 0.427. The largest absolute Gasteiger partial charge is 0.354 e. The van der Waals surface area contributed by atoms with Gasteiger partial charge in [-0.2, -0.15) is 11.8 Å². The highest BCUT2D eigenvalue weighted by molar-refractivity contribution is 8.00. The Hall–Kier alpha value is -0.920. The SMILES string of the molecule is Cc1ccc(N(CC(=O)NCCSC(C)(C)C)S(C)(=O)=O)cc1Cl. The van der Waals surface area contributed by atoms with Crippen molar-refractivity contribution in [3.05, 3.63) is 28.8 Å². The standard InChI is InChI=1S/C16H25ClN2O3S2/c1-12-6-7-13(10-14(12)17)19(24(5,21)22)11-15(20)18-8-9-23-16(2,3)4/h6-7,10H,8-9,11H2,1-5H3,(H,18,20). The first-order valence-electron chi connectivity index (χ1n) is 7.55. The quantitative estimate of drug-likeness (QED) is 0.724. The summed E-state index contributed by atoms with van der Waals surface area (Å²) in [6.07, 6.45) is 1.07. The second-order valence-electron chi connectivity index (χ2n) is 6.51. The molecule has 0 saturated heterocycles. The van der Waals surface area contributed by atoms with Gasteiger partial charge in [-0.25, -0.2) is 8.42 Å². The number of carbonyl (C=O) groups is 1. The number of carbonyl (C=O) groups excluding carboxylic acids is 1. The first-order valence-corrected chi connectivity index (χ1v) is 10.8. The van der Waals surface area contributed by atoms with Crippen LogP contribution in [-0.4, -0.2) is 44.2 Å². The zero-order valence-corrected chi connectivity index (χ0v) is 17.1. The van der Waals surface area contributed by atoms with Crippen molar-refractivity contribution in [1.82, 2.24) is 5.32 Å². The van der Waals surface area contributed by atoms with Crippen LogP contribution < -0.4 is 9.62 Å². The minimum absolute atomic E-state index is 0.127. The lowest BCUT2D eigenvalue weighted by atomic mass is 10.2. The molecule has 0 aliphatic carbocycles. The Morgan fingerprint density at radius 1 is 1.33 bits per heavy atom. The second-order valence-corrected chi connectivity index (χ2v) is 10.7. The number of anilines is 1. The number of halogens is 1. The maximum Gasteiger partial charge on any atom is 0.240 e. The summed E-state index contributed by atoms with van der Waals surface area (Å²) < 4.78 is 25.2. The van der Waals surface area contributed by atoms with Crippen molar-refractivity contribution >= 4 is 45.0 Å². The van der Waals surface area contributed by atoms with Gasteiger partial charge in [0.25, 0.3) is 0 Å². The lowest BCUT2D eigenvalue weighted by molar-refractivity contribution is -0.119. The van der Waals surface area contributed by atoms with Crippen LogP contribution in [0.25, 0.3) is 0 Å². The highest BCUT2D eigenvalue weighted by Gasteiger charge is 2.21. The van der Waals surface area contributed by atoms with E-state index < -0.39 is 10.0 Å². The molecule has 24 heavy (non-hydrogen) atoms. The predicted molar refractivity (Wildman–Crippen MR) is 104 cm³/mol. The summed E-state index contributed by atoms with van der Waals surface area (Å²) in [6.45, 7) is 8.37. The summed E-state index contributed by atoms with van der Waals surface area (Å²) in [5, 5.41) is 3.22. The number of nitrogens with zero attached hydrogens (tertiary/aromatic N) is 1. The highest BCUT2D eigenvalue weighted by Crippen LogP contribution is 2.25. The van der Waals surface area contributed by atoms with Gasteiger partial charge >= 0.3 is 0 Å². The molecule has 1 aromatic carbocycles. The van der Waals surface area contributed by atoms with E-state index >= 15 is 0 Å². The maximum atomic E-state index is 12.1. The molecule has 1 rings (SSSR count). The Kier molecular flexibility index (Phi) is 7.44. The third-order valence-electron chi connectivity index (χ3n) is 3.09. The summed E-state index contributed by atoms with van der Waals surface area (Å²) in [6, 6.07) is 4.93.